The minimum Gasteiger partial charge on any atom is -0.465 e. The fourth-order valence-electron chi connectivity index (χ4n) is 1.18. The van der Waals surface area contributed by atoms with Crippen molar-refractivity contribution in [3.8, 4) is 0 Å². The molecule has 0 aromatic carbocycles. The molecule has 1 atom stereocenters. The Hall–Kier alpha value is -1.18. The first-order chi connectivity index (χ1) is 7.05. The Morgan fingerprint density at radius 1 is 1.12 bits per heavy atom. The third kappa shape index (κ3) is 2.31. The summed E-state index contributed by atoms with van der Waals surface area (Å²) in [5.74, 6) is -1.14. The number of furan rings is 1. The summed E-state index contributed by atoms with van der Waals surface area (Å²) in [6, 6.07) is 0. The van der Waals surface area contributed by atoms with Crippen molar-refractivity contribution in [1.29, 1.82) is 0 Å². The molecule has 0 bridgehead atoms. The maximum atomic E-state index is 12.4. The smallest absolute Gasteiger partial charge is 0.420 e. The molecule has 0 fully saturated rings. The van der Waals surface area contributed by atoms with Crippen molar-refractivity contribution in [3.63, 3.8) is 0 Å². The van der Waals surface area contributed by atoms with E-state index in [0.717, 1.165) is 6.92 Å². The van der Waals surface area contributed by atoms with Gasteiger partial charge in [0.15, 0.2) is 0 Å². The lowest BCUT2D eigenvalue weighted by Crippen LogP contribution is -2.16. The van der Waals surface area contributed by atoms with Gasteiger partial charge in [0.2, 0.25) is 0 Å². The van der Waals surface area contributed by atoms with Crippen molar-refractivity contribution < 1.29 is 35.9 Å². The highest BCUT2D eigenvalue weighted by atomic mass is 19.4. The zero-order chi connectivity index (χ0) is 12.7. The Morgan fingerprint density at radius 3 is 1.94 bits per heavy atom. The topological polar surface area (TPSA) is 33.4 Å². The zero-order valence-electron chi connectivity index (χ0n) is 7.78. The molecule has 92 valence electrons. The van der Waals surface area contributed by atoms with E-state index < -0.39 is 35.3 Å². The van der Waals surface area contributed by atoms with Gasteiger partial charge in [-0.1, -0.05) is 0 Å². The van der Waals surface area contributed by atoms with E-state index in [2.05, 4.69) is 4.42 Å². The highest BCUT2D eigenvalue weighted by Gasteiger charge is 2.48. The van der Waals surface area contributed by atoms with Gasteiger partial charge < -0.3 is 9.52 Å². The summed E-state index contributed by atoms with van der Waals surface area (Å²) in [4.78, 5) is 0. The maximum Gasteiger partial charge on any atom is 0.420 e. The fourth-order valence-corrected chi connectivity index (χ4v) is 1.18. The molecule has 1 rings (SSSR count). The number of alkyl halides is 6. The molecule has 0 spiro atoms. The lowest BCUT2D eigenvalue weighted by molar-refractivity contribution is -0.162. The van der Waals surface area contributed by atoms with Gasteiger partial charge in [-0.15, -0.1) is 0 Å². The highest BCUT2D eigenvalue weighted by Crippen LogP contribution is 2.44. The summed E-state index contributed by atoms with van der Waals surface area (Å²) in [6.45, 7) is 0.883. The minimum absolute atomic E-state index is 0.0507. The number of halogens is 6. The van der Waals surface area contributed by atoms with E-state index in [1.807, 2.05) is 0 Å². The van der Waals surface area contributed by atoms with Crippen LogP contribution in [0.15, 0.2) is 10.7 Å². The standard InChI is InChI=1S/C8H6F6O2/c1-3(15)6-5(8(12,13)14)4(2-16-6)7(9,10)11/h2-3,15H,1H3. The van der Waals surface area contributed by atoms with Crippen LogP contribution >= 0.6 is 0 Å². The Morgan fingerprint density at radius 2 is 1.62 bits per heavy atom. The molecule has 1 aromatic rings. The van der Waals surface area contributed by atoms with Crippen LogP contribution in [0.5, 0.6) is 0 Å². The highest BCUT2D eigenvalue weighted by molar-refractivity contribution is 5.34. The maximum absolute atomic E-state index is 12.4. The molecule has 0 radical (unpaired) electrons. The molecule has 1 N–H and O–H groups in total. The molecule has 16 heavy (non-hydrogen) atoms. The molecule has 0 saturated carbocycles. The van der Waals surface area contributed by atoms with Gasteiger partial charge in [0.25, 0.3) is 0 Å². The lowest BCUT2D eigenvalue weighted by Gasteiger charge is -2.12. The van der Waals surface area contributed by atoms with E-state index in [-0.39, 0.29) is 6.26 Å². The normalized spacial score (nSPS) is 15.2. The van der Waals surface area contributed by atoms with Crippen LogP contribution in [-0.4, -0.2) is 5.11 Å². The molecule has 1 aromatic heterocycles. The summed E-state index contributed by atoms with van der Waals surface area (Å²) in [5.41, 5.74) is -3.91. The van der Waals surface area contributed by atoms with E-state index in [1.54, 1.807) is 0 Å². The molecule has 1 heterocycles. The molecule has 0 amide bonds. The van der Waals surface area contributed by atoms with Crippen LogP contribution in [0.2, 0.25) is 0 Å². The number of hydrogen-bond acceptors (Lipinski definition) is 2. The van der Waals surface area contributed by atoms with Crippen molar-refractivity contribution in [2.24, 2.45) is 0 Å². The first kappa shape index (κ1) is 12.9. The number of aliphatic hydroxyl groups excluding tert-OH is 1. The predicted molar refractivity (Wildman–Crippen MR) is 39.3 cm³/mol. The van der Waals surface area contributed by atoms with Gasteiger partial charge in [-0.25, -0.2) is 0 Å². The first-order valence-corrected chi connectivity index (χ1v) is 3.99. The first-order valence-electron chi connectivity index (χ1n) is 3.99. The summed E-state index contributed by atoms with van der Waals surface area (Å²) in [5, 5.41) is 8.89. The van der Waals surface area contributed by atoms with Gasteiger partial charge in [-0.05, 0) is 6.92 Å². The van der Waals surface area contributed by atoms with Crippen molar-refractivity contribution in [1.82, 2.24) is 0 Å². The van der Waals surface area contributed by atoms with E-state index in [9.17, 15) is 26.3 Å². The van der Waals surface area contributed by atoms with Crippen molar-refractivity contribution in [2.75, 3.05) is 0 Å². The Balaban J connectivity index is 3.44. The van der Waals surface area contributed by atoms with E-state index in [1.165, 1.54) is 0 Å². The van der Waals surface area contributed by atoms with Gasteiger partial charge in [0.05, 0.1) is 0 Å². The third-order valence-electron chi connectivity index (χ3n) is 1.79. The van der Waals surface area contributed by atoms with Gasteiger partial charge in [0.1, 0.15) is 29.3 Å². The molecule has 1 unspecified atom stereocenters. The second kappa shape index (κ2) is 3.69. The summed E-state index contributed by atoms with van der Waals surface area (Å²) >= 11 is 0. The van der Waals surface area contributed by atoms with Gasteiger partial charge >= 0.3 is 12.4 Å². The van der Waals surface area contributed by atoms with E-state index >= 15 is 0 Å². The predicted octanol–water partition coefficient (Wildman–Crippen LogP) is 3.37. The fraction of sp³-hybridized carbons (Fsp3) is 0.500. The number of hydrogen-bond donors (Lipinski definition) is 1. The van der Waals surface area contributed by atoms with Gasteiger partial charge in [0, 0.05) is 0 Å². The molecule has 0 aliphatic rings. The average Bonchev–Trinajstić information content (AvgIpc) is 2.43. The molecule has 0 aliphatic carbocycles. The SMILES string of the molecule is CC(O)c1occ(C(F)(F)F)c1C(F)(F)F. The Labute approximate surface area is 85.5 Å². The molecular weight excluding hydrogens is 242 g/mol. The largest absolute Gasteiger partial charge is 0.465 e. The summed E-state index contributed by atoms with van der Waals surface area (Å²) < 4.78 is 77.8. The molecule has 2 nitrogen and oxygen atoms in total. The van der Waals surface area contributed by atoms with Crippen LogP contribution in [0, 0.1) is 0 Å². The van der Waals surface area contributed by atoms with E-state index in [4.69, 9.17) is 5.11 Å². The van der Waals surface area contributed by atoms with Gasteiger partial charge in [-0.2, -0.15) is 26.3 Å². The van der Waals surface area contributed by atoms with Crippen LogP contribution in [0.1, 0.15) is 29.9 Å². The number of aliphatic hydroxyl groups is 1. The lowest BCUT2D eigenvalue weighted by atomic mass is 10.1. The van der Waals surface area contributed by atoms with Crippen LogP contribution in [0.4, 0.5) is 26.3 Å². The monoisotopic (exact) mass is 248 g/mol. The molecule has 0 aliphatic heterocycles. The van der Waals surface area contributed by atoms with Crippen LogP contribution in [-0.2, 0) is 12.4 Å². The minimum atomic E-state index is -5.23. The molecule has 8 heteroatoms. The molecule has 0 saturated heterocycles. The Bertz CT molecular complexity index is 373. The van der Waals surface area contributed by atoms with Crippen molar-refractivity contribution in [2.45, 2.75) is 25.4 Å². The third-order valence-corrected chi connectivity index (χ3v) is 1.79. The Kier molecular flexibility index (Phi) is 2.97. The van der Waals surface area contributed by atoms with Crippen molar-refractivity contribution in [3.05, 3.63) is 23.2 Å². The second-order valence-electron chi connectivity index (χ2n) is 3.06. The number of rotatable bonds is 1. The summed E-state index contributed by atoms with van der Waals surface area (Å²) in [6.07, 6.45) is -12.2. The van der Waals surface area contributed by atoms with Crippen molar-refractivity contribution >= 4 is 0 Å². The van der Waals surface area contributed by atoms with Crippen LogP contribution < -0.4 is 0 Å². The summed E-state index contributed by atoms with van der Waals surface area (Å²) in [7, 11) is 0. The van der Waals surface area contributed by atoms with Crippen LogP contribution in [0.25, 0.3) is 0 Å². The average molecular weight is 248 g/mol. The quantitative estimate of drug-likeness (QED) is 0.773. The zero-order valence-corrected chi connectivity index (χ0v) is 7.78. The van der Waals surface area contributed by atoms with Gasteiger partial charge in [-0.3, -0.25) is 0 Å². The van der Waals surface area contributed by atoms with E-state index in [0.29, 0.717) is 0 Å². The van der Waals surface area contributed by atoms with Crippen LogP contribution in [0.3, 0.4) is 0 Å². The molecular formula is C8H6F6O2. The second-order valence-corrected chi connectivity index (χ2v) is 3.06.